The first-order valence-corrected chi connectivity index (χ1v) is 6.98. The summed E-state index contributed by atoms with van der Waals surface area (Å²) in [5.74, 6) is 1.73. The Morgan fingerprint density at radius 2 is 1.95 bits per heavy atom. The Bertz CT molecular complexity index is 457. The van der Waals surface area contributed by atoms with Crippen LogP contribution in [0.2, 0.25) is 0 Å². The smallest absolute Gasteiger partial charge is 0.163 e. The SMILES string of the molecule is CNCC1(CN(C)c2ccc3c(c2)OCCO3)CC1. The van der Waals surface area contributed by atoms with Crippen LogP contribution in [0.3, 0.4) is 0 Å². The van der Waals surface area contributed by atoms with Gasteiger partial charge in [-0.15, -0.1) is 0 Å². The third kappa shape index (κ3) is 2.63. The van der Waals surface area contributed by atoms with Crippen LogP contribution in [0, 0.1) is 5.41 Å². The fourth-order valence-corrected chi connectivity index (χ4v) is 2.81. The molecule has 0 unspecified atom stereocenters. The normalized spacial score (nSPS) is 19.1. The van der Waals surface area contributed by atoms with Crippen LogP contribution in [0.15, 0.2) is 18.2 Å². The Labute approximate surface area is 114 Å². The van der Waals surface area contributed by atoms with Crippen LogP contribution < -0.4 is 19.7 Å². The Kier molecular flexibility index (Phi) is 3.27. The third-order valence-electron chi connectivity index (χ3n) is 4.05. The van der Waals surface area contributed by atoms with Crippen molar-refractivity contribution >= 4 is 5.69 Å². The molecule has 1 heterocycles. The minimum Gasteiger partial charge on any atom is -0.486 e. The van der Waals surface area contributed by atoms with Gasteiger partial charge in [-0.05, 0) is 32.0 Å². The first kappa shape index (κ1) is 12.6. The maximum absolute atomic E-state index is 5.64. The largest absolute Gasteiger partial charge is 0.486 e. The summed E-state index contributed by atoms with van der Waals surface area (Å²) in [6, 6.07) is 6.21. The first-order valence-electron chi connectivity index (χ1n) is 6.98. The van der Waals surface area contributed by atoms with Gasteiger partial charge in [-0.25, -0.2) is 0 Å². The van der Waals surface area contributed by atoms with E-state index in [-0.39, 0.29) is 0 Å². The van der Waals surface area contributed by atoms with E-state index in [9.17, 15) is 0 Å². The number of ether oxygens (including phenoxy) is 2. The lowest BCUT2D eigenvalue weighted by Gasteiger charge is -2.27. The van der Waals surface area contributed by atoms with Gasteiger partial charge in [0, 0.05) is 37.3 Å². The quantitative estimate of drug-likeness (QED) is 0.878. The second-order valence-electron chi connectivity index (χ2n) is 5.71. The number of nitrogens with one attached hydrogen (secondary N) is 1. The van der Waals surface area contributed by atoms with Crippen molar-refractivity contribution in [1.82, 2.24) is 5.32 Å². The average Bonchev–Trinajstić information content (AvgIpc) is 3.18. The summed E-state index contributed by atoms with van der Waals surface area (Å²) >= 11 is 0. The maximum atomic E-state index is 5.64. The van der Waals surface area contributed by atoms with Gasteiger partial charge in [-0.2, -0.15) is 0 Å². The topological polar surface area (TPSA) is 33.7 Å². The van der Waals surface area contributed by atoms with E-state index in [1.807, 2.05) is 13.1 Å². The lowest BCUT2D eigenvalue weighted by atomic mass is 10.1. The van der Waals surface area contributed by atoms with E-state index in [1.165, 1.54) is 18.5 Å². The van der Waals surface area contributed by atoms with Gasteiger partial charge in [0.15, 0.2) is 11.5 Å². The molecule has 0 saturated heterocycles. The van der Waals surface area contributed by atoms with Gasteiger partial charge in [-0.1, -0.05) is 0 Å². The molecule has 1 aromatic rings. The third-order valence-corrected chi connectivity index (χ3v) is 4.05. The zero-order valence-electron chi connectivity index (χ0n) is 11.7. The summed E-state index contributed by atoms with van der Waals surface area (Å²) in [7, 11) is 4.19. The molecule has 104 valence electrons. The second kappa shape index (κ2) is 4.93. The van der Waals surface area contributed by atoms with Gasteiger partial charge < -0.3 is 19.7 Å². The van der Waals surface area contributed by atoms with Gasteiger partial charge in [0.25, 0.3) is 0 Å². The van der Waals surface area contributed by atoms with Crippen molar-refractivity contribution in [2.75, 3.05) is 45.3 Å². The molecule has 0 radical (unpaired) electrons. The van der Waals surface area contributed by atoms with Crippen LogP contribution in [-0.4, -0.2) is 40.4 Å². The lowest BCUT2D eigenvalue weighted by molar-refractivity contribution is 0.171. The number of hydrogen-bond acceptors (Lipinski definition) is 4. The molecule has 4 heteroatoms. The number of hydrogen-bond donors (Lipinski definition) is 1. The molecule has 1 N–H and O–H groups in total. The fraction of sp³-hybridized carbons (Fsp3) is 0.600. The van der Waals surface area contributed by atoms with Gasteiger partial charge in [0.1, 0.15) is 13.2 Å². The average molecular weight is 262 g/mol. The molecular weight excluding hydrogens is 240 g/mol. The van der Waals surface area contributed by atoms with Crippen molar-refractivity contribution in [3.05, 3.63) is 18.2 Å². The van der Waals surface area contributed by atoms with E-state index in [1.54, 1.807) is 0 Å². The van der Waals surface area contributed by atoms with Gasteiger partial charge in [0.05, 0.1) is 0 Å². The zero-order chi connectivity index (χ0) is 13.3. The summed E-state index contributed by atoms with van der Waals surface area (Å²) in [6.07, 6.45) is 2.64. The Hall–Kier alpha value is -1.42. The number of rotatable bonds is 5. The van der Waals surface area contributed by atoms with Crippen LogP contribution in [0.1, 0.15) is 12.8 Å². The Morgan fingerprint density at radius 1 is 1.21 bits per heavy atom. The zero-order valence-corrected chi connectivity index (χ0v) is 11.7. The highest BCUT2D eigenvalue weighted by Gasteiger charge is 2.42. The standard InChI is InChI=1S/C15H22N2O2/c1-16-10-15(5-6-15)11-17(2)12-3-4-13-14(9-12)19-8-7-18-13/h3-4,9,16H,5-8,10-11H2,1-2H3. The van der Waals surface area contributed by atoms with Crippen molar-refractivity contribution in [3.8, 4) is 11.5 Å². The predicted molar refractivity (Wildman–Crippen MR) is 76.3 cm³/mol. The van der Waals surface area contributed by atoms with E-state index in [0.717, 1.165) is 24.6 Å². The molecule has 19 heavy (non-hydrogen) atoms. The van der Waals surface area contributed by atoms with Crippen LogP contribution in [0.4, 0.5) is 5.69 Å². The minimum absolute atomic E-state index is 0.469. The van der Waals surface area contributed by atoms with E-state index < -0.39 is 0 Å². The Balaban J connectivity index is 1.71. The molecule has 1 aliphatic heterocycles. The lowest BCUT2D eigenvalue weighted by Crippen LogP contribution is -2.32. The highest BCUT2D eigenvalue weighted by molar-refractivity contribution is 5.56. The molecule has 0 bridgehead atoms. The van der Waals surface area contributed by atoms with Crippen LogP contribution in [0.5, 0.6) is 11.5 Å². The van der Waals surface area contributed by atoms with E-state index >= 15 is 0 Å². The molecule has 3 rings (SSSR count). The number of nitrogens with zero attached hydrogens (tertiary/aromatic N) is 1. The predicted octanol–water partition coefficient (Wildman–Crippen LogP) is 1.89. The summed E-state index contributed by atoms with van der Waals surface area (Å²) in [5.41, 5.74) is 1.67. The van der Waals surface area contributed by atoms with Gasteiger partial charge in [-0.3, -0.25) is 0 Å². The highest BCUT2D eigenvalue weighted by atomic mass is 16.6. The molecule has 1 saturated carbocycles. The molecular formula is C15H22N2O2. The molecule has 1 fully saturated rings. The van der Waals surface area contributed by atoms with Gasteiger partial charge in [0.2, 0.25) is 0 Å². The molecule has 0 aromatic heterocycles. The van der Waals surface area contributed by atoms with Crippen LogP contribution in [0.25, 0.3) is 0 Å². The van der Waals surface area contributed by atoms with Crippen LogP contribution in [-0.2, 0) is 0 Å². The summed E-state index contributed by atoms with van der Waals surface area (Å²) < 4.78 is 11.2. The van der Waals surface area contributed by atoms with Crippen molar-refractivity contribution in [2.45, 2.75) is 12.8 Å². The highest BCUT2D eigenvalue weighted by Crippen LogP contribution is 2.46. The molecule has 2 aliphatic rings. The Morgan fingerprint density at radius 3 is 2.63 bits per heavy atom. The molecule has 0 amide bonds. The minimum atomic E-state index is 0.469. The molecule has 0 spiro atoms. The van der Waals surface area contributed by atoms with E-state index in [0.29, 0.717) is 18.6 Å². The van der Waals surface area contributed by atoms with E-state index in [2.05, 4.69) is 29.4 Å². The van der Waals surface area contributed by atoms with Gasteiger partial charge >= 0.3 is 0 Å². The van der Waals surface area contributed by atoms with Crippen molar-refractivity contribution in [3.63, 3.8) is 0 Å². The molecule has 1 aliphatic carbocycles. The fourth-order valence-electron chi connectivity index (χ4n) is 2.81. The maximum Gasteiger partial charge on any atom is 0.163 e. The number of benzene rings is 1. The monoisotopic (exact) mass is 262 g/mol. The van der Waals surface area contributed by atoms with Crippen molar-refractivity contribution in [2.24, 2.45) is 5.41 Å². The second-order valence-corrected chi connectivity index (χ2v) is 5.71. The number of anilines is 1. The van der Waals surface area contributed by atoms with Crippen LogP contribution >= 0.6 is 0 Å². The van der Waals surface area contributed by atoms with Crippen molar-refractivity contribution < 1.29 is 9.47 Å². The summed E-state index contributed by atoms with van der Waals surface area (Å²) in [4.78, 5) is 2.32. The molecule has 4 nitrogen and oxygen atoms in total. The molecule has 1 aromatic carbocycles. The summed E-state index contributed by atoms with van der Waals surface area (Å²) in [5, 5.41) is 3.31. The van der Waals surface area contributed by atoms with Crippen molar-refractivity contribution in [1.29, 1.82) is 0 Å². The first-order chi connectivity index (χ1) is 9.22. The molecule has 0 atom stereocenters. The summed E-state index contributed by atoms with van der Waals surface area (Å²) in [6.45, 7) is 3.48. The van der Waals surface area contributed by atoms with E-state index in [4.69, 9.17) is 9.47 Å². The number of fused-ring (bicyclic) bond motifs is 1.